The zero-order chi connectivity index (χ0) is 12.5. The highest BCUT2D eigenvalue weighted by atomic mass is 16.1. The van der Waals surface area contributed by atoms with Gasteiger partial charge in [0.05, 0.1) is 18.0 Å². The van der Waals surface area contributed by atoms with Crippen LogP contribution >= 0.6 is 0 Å². The van der Waals surface area contributed by atoms with Gasteiger partial charge < -0.3 is 5.32 Å². The van der Waals surface area contributed by atoms with Crippen LogP contribution in [-0.4, -0.2) is 27.3 Å². The van der Waals surface area contributed by atoms with E-state index in [0.717, 1.165) is 16.9 Å². The average molecular weight is 242 g/mol. The highest BCUT2D eigenvalue weighted by Crippen LogP contribution is 2.32. The van der Waals surface area contributed by atoms with Crippen LogP contribution in [0.2, 0.25) is 0 Å². The quantitative estimate of drug-likeness (QED) is 0.876. The minimum Gasteiger partial charge on any atom is -0.384 e. The molecule has 5 heteroatoms. The van der Waals surface area contributed by atoms with Crippen molar-refractivity contribution in [1.29, 1.82) is 0 Å². The van der Waals surface area contributed by atoms with Crippen molar-refractivity contribution in [3.8, 4) is 0 Å². The van der Waals surface area contributed by atoms with E-state index >= 15 is 0 Å². The van der Waals surface area contributed by atoms with Crippen molar-refractivity contribution in [3.63, 3.8) is 0 Å². The van der Waals surface area contributed by atoms with E-state index in [4.69, 9.17) is 0 Å². The van der Waals surface area contributed by atoms with Crippen molar-refractivity contribution in [1.82, 2.24) is 15.0 Å². The van der Waals surface area contributed by atoms with E-state index < -0.39 is 0 Å². The van der Waals surface area contributed by atoms with Crippen LogP contribution in [0.3, 0.4) is 0 Å². The molecule has 1 aromatic carbocycles. The van der Waals surface area contributed by atoms with E-state index in [2.05, 4.69) is 15.6 Å². The van der Waals surface area contributed by atoms with Crippen molar-refractivity contribution < 1.29 is 4.79 Å². The number of nitrogens with one attached hydrogen (secondary N) is 1. The Morgan fingerprint density at radius 2 is 2.33 bits per heavy atom. The maximum atomic E-state index is 12.3. The van der Waals surface area contributed by atoms with Crippen LogP contribution in [0.25, 0.3) is 0 Å². The second-order valence-corrected chi connectivity index (χ2v) is 4.55. The van der Waals surface area contributed by atoms with Gasteiger partial charge in [-0.3, -0.25) is 9.48 Å². The smallest absolute Gasteiger partial charge is 0.148 e. The fourth-order valence-corrected chi connectivity index (χ4v) is 2.35. The monoisotopic (exact) mass is 242 g/mol. The predicted molar refractivity (Wildman–Crippen MR) is 67.4 cm³/mol. The third-order valence-electron chi connectivity index (χ3n) is 3.23. The lowest BCUT2D eigenvalue weighted by molar-refractivity contribution is -0.119. The highest BCUT2D eigenvalue weighted by molar-refractivity contribution is 5.91. The molecule has 2 heterocycles. The molecule has 1 aliphatic heterocycles. The standard InChI is InChI=1S/C13H14N4O/c1-17-8-9(15-16-17)6-13(18)11-7-14-12-5-3-2-4-10(11)12/h2-5,8,11,14H,6-7H2,1H3. The number of hydrogen-bond donors (Lipinski definition) is 1. The maximum absolute atomic E-state index is 12.3. The van der Waals surface area contributed by atoms with Crippen LogP contribution < -0.4 is 5.32 Å². The summed E-state index contributed by atoms with van der Waals surface area (Å²) < 4.78 is 1.61. The normalized spacial score (nSPS) is 17.3. The molecule has 3 rings (SSSR count). The molecular weight excluding hydrogens is 228 g/mol. The third-order valence-corrected chi connectivity index (χ3v) is 3.23. The summed E-state index contributed by atoms with van der Waals surface area (Å²) in [5.74, 6) is 0.121. The molecule has 0 saturated carbocycles. The molecule has 0 spiro atoms. The molecule has 5 nitrogen and oxygen atoms in total. The molecule has 0 saturated heterocycles. The molecule has 1 N–H and O–H groups in total. The molecule has 1 atom stereocenters. The van der Waals surface area contributed by atoms with Crippen LogP contribution in [0.15, 0.2) is 30.5 Å². The molecule has 0 aliphatic carbocycles. The van der Waals surface area contributed by atoms with Crippen molar-refractivity contribution in [2.24, 2.45) is 7.05 Å². The number of carbonyl (C=O) groups excluding carboxylic acids is 1. The number of nitrogens with zero attached hydrogens (tertiary/aromatic N) is 3. The molecule has 0 radical (unpaired) electrons. The number of carbonyl (C=O) groups is 1. The molecule has 0 bridgehead atoms. The first-order valence-electron chi connectivity index (χ1n) is 5.95. The van der Waals surface area contributed by atoms with Gasteiger partial charge in [-0.1, -0.05) is 23.4 Å². The molecule has 0 amide bonds. The first-order valence-corrected chi connectivity index (χ1v) is 5.95. The number of aromatic nitrogens is 3. The van der Waals surface area contributed by atoms with Gasteiger partial charge in [0.1, 0.15) is 5.78 Å². The van der Waals surface area contributed by atoms with Crippen LogP contribution in [0, 0.1) is 0 Å². The summed E-state index contributed by atoms with van der Waals surface area (Å²) in [6.07, 6.45) is 2.13. The maximum Gasteiger partial charge on any atom is 0.148 e. The lowest BCUT2D eigenvalue weighted by Crippen LogP contribution is -2.17. The summed E-state index contributed by atoms with van der Waals surface area (Å²) in [4.78, 5) is 12.3. The van der Waals surface area contributed by atoms with Crippen LogP contribution in [0.4, 0.5) is 5.69 Å². The number of aryl methyl sites for hydroxylation is 1. The first kappa shape index (κ1) is 11.0. The van der Waals surface area contributed by atoms with E-state index in [0.29, 0.717) is 13.0 Å². The van der Waals surface area contributed by atoms with Crippen molar-refractivity contribution in [3.05, 3.63) is 41.7 Å². The fraction of sp³-hybridized carbons (Fsp3) is 0.308. The zero-order valence-electron chi connectivity index (χ0n) is 10.1. The Kier molecular flexibility index (Phi) is 2.59. The van der Waals surface area contributed by atoms with Gasteiger partial charge in [0, 0.05) is 25.5 Å². The van der Waals surface area contributed by atoms with Gasteiger partial charge in [-0.15, -0.1) is 5.10 Å². The number of Topliss-reactive ketones (excluding diaryl/α,β-unsaturated/α-hetero) is 1. The molecule has 2 aromatic rings. The number of hydrogen-bond acceptors (Lipinski definition) is 4. The molecule has 92 valence electrons. The summed E-state index contributed by atoms with van der Waals surface area (Å²) in [7, 11) is 1.80. The number of anilines is 1. The Hall–Kier alpha value is -2.17. The van der Waals surface area contributed by atoms with Gasteiger partial charge in [-0.25, -0.2) is 0 Å². The van der Waals surface area contributed by atoms with Gasteiger partial charge in [-0.2, -0.15) is 0 Å². The third kappa shape index (κ3) is 1.88. The lowest BCUT2D eigenvalue weighted by atomic mass is 9.94. The molecule has 1 aromatic heterocycles. The topological polar surface area (TPSA) is 59.8 Å². The van der Waals surface area contributed by atoms with Gasteiger partial charge in [-0.05, 0) is 11.6 Å². The first-order chi connectivity index (χ1) is 8.74. The van der Waals surface area contributed by atoms with Crippen LogP contribution in [0.5, 0.6) is 0 Å². The number of para-hydroxylation sites is 1. The van der Waals surface area contributed by atoms with Crippen molar-refractivity contribution in [2.45, 2.75) is 12.3 Å². The van der Waals surface area contributed by atoms with E-state index in [1.165, 1.54) is 0 Å². The van der Waals surface area contributed by atoms with E-state index in [1.807, 2.05) is 24.3 Å². The molecular formula is C13H14N4O. The molecule has 1 unspecified atom stereocenters. The number of benzene rings is 1. The second-order valence-electron chi connectivity index (χ2n) is 4.55. The highest BCUT2D eigenvalue weighted by Gasteiger charge is 2.28. The summed E-state index contributed by atoms with van der Waals surface area (Å²) in [5, 5.41) is 11.1. The van der Waals surface area contributed by atoms with Crippen LogP contribution in [-0.2, 0) is 18.3 Å². The van der Waals surface area contributed by atoms with Crippen molar-refractivity contribution >= 4 is 11.5 Å². The van der Waals surface area contributed by atoms with Gasteiger partial charge in [0.2, 0.25) is 0 Å². The Morgan fingerprint density at radius 3 is 3.11 bits per heavy atom. The summed E-state index contributed by atoms with van der Waals surface area (Å²) in [6, 6.07) is 7.95. The Bertz CT molecular complexity index is 590. The summed E-state index contributed by atoms with van der Waals surface area (Å²) in [5.41, 5.74) is 2.88. The van der Waals surface area contributed by atoms with Crippen molar-refractivity contribution in [2.75, 3.05) is 11.9 Å². The largest absolute Gasteiger partial charge is 0.384 e. The molecule has 18 heavy (non-hydrogen) atoms. The second kappa shape index (κ2) is 4.25. The van der Waals surface area contributed by atoms with Crippen LogP contribution in [0.1, 0.15) is 17.2 Å². The van der Waals surface area contributed by atoms with E-state index in [9.17, 15) is 4.79 Å². The Morgan fingerprint density at radius 1 is 1.50 bits per heavy atom. The van der Waals surface area contributed by atoms with Gasteiger partial charge in [0.15, 0.2) is 0 Å². The zero-order valence-corrected chi connectivity index (χ0v) is 10.1. The SMILES string of the molecule is Cn1cc(CC(=O)C2CNc3ccccc32)nn1. The number of rotatable bonds is 3. The Balaban J connectivity index is 1.78. The fourth-order valence-electron chi connectivity index (χ4n) is 2.35. The predicted octanol–water partition coefficient (Wildman–Crippen LogP) is 1.14. The minimum atomic E-state index is -0.0665. The average Bonchev–Trinajstić information content (AvgIpc) is 2.95. The molecule has 0 fully saturated rings. The van der Waals surface area contributed by atoms with E-state index in [1.54, 1.807) is 17.9 Å². The number of fused-ring (bicyclic) bond motifs is 1. The minimum absolute atomic E-state index is 0.0665. The summed E-state index contributed by atoms with van der Waals surface area (Å²) >= 11 is 0. The van der Waals surface area contributed by atoms with Gasteiger partial charge in [0.25, 0.3) is 0 Å². The van der Waals surface area contributed by atoms with E-state index in [-0.39, 0.29) is 11.7 Å². The lowest BCUT2D eigenvalue weighted by Gasteiger charge is -2.07. The molecule has 1 aliphatic rings. The number of ketones is 1. The summed E-state index contributed by atoms with van der Waals surface area (Å²) in [6.45, 7) is 0.679. The van der Waals surface area contributed by atoms with Gasteiger partial charge >= 0.3 is 0 Å². The Labute approximate surface area is 105 Å².